The zero-order valence-electron chi connectivity index (χ0n) is 9.32. The minimum atomic E-state index is -4.03. The number of nitrogens with two attached hydrogens (primary N) is 1. The fourth-order valence-electron chi connectivity index (χ4n) is 1.40. The molecule has 0 atom stereocenters. The highest BCUT2D eigenvalue weighted by Crippen LogP contribution is 2.21. The molecule has 0 aromatic heterocycles. The van der Waals surface area contributed by atoms with Crippen molar-refractivity contribution in [1.82, 2.24) is 4.90 Å². The van der Waals surface area contributed by atoms with Crippen LogP contribution in [0.4, 0.5) is 13.2 Å². The molecule has 0 aromatic carbocycles. The smallest absolute Gasteiger partial charge is 0.329 e. The van der Waals surface area contributed by atoms with Crippen molar-refractivity contribution >= 4 is 0 Å². The van der Waals surface area contributed by atoms with Crippen LogP contribution in [0.5, 0.6) is 0 Å². The molecule has 0 spiro atoms. The van der Waals surface area contributed by atoms with Crippen LogP contribution in [0.1, 0.15) is 32.6 Å². The summed E-state index contributed by atoms with van der Waals surface area (Å²) < 4.78 is 35.7. The summed E-state index contributed by atoms with van der Waals surface area (Å²) >= 11 is 0. The topological polar surface area (TPSA) is 29.3 Å². The van der Waals surface area contributed by atoms with Gasteiger partial charge in [0.15, 0.2) is 0 Å². The van der Waals surface area contributed by atoms with E-state index < -0.39 is 12.6 Å². The fraction of sp³-hybridized carbons (Fsp3) is 1.00. The van der Waals surface area contributed by atoms with Gasteiger partial charge in [0.05, 0.1) is 0 Å². The van der Waals surface area contributed by atoms with E-state index in [1.165, 1.54) is 0 Å². The lowest BCUT2D eigenvalue weighted by molar-refractivity contribution is -0.136. The molecule has 0 bridgehead atoms. The Hall–Kier alpha value is -0.290. The van der Waals surface area contributed by atoms with Gasteiger partial charge in [0.2, 0.25) is 0 Å². The molecule has 0 aliphatic rings. The van der Waals surface area contributed by atoms with Gasteiger partial charge in [-0.1, -0.05) is 13.3 Å². The Morgan fingerprint density at radius 2 is 1.67 bits per heavy atom. The third-order valence-electron chi connectivity index (χ3n) is 2.21. The Bertz CT molecular complexity index is 148. The zero-order chi connectivity index (χ0) is 11.7. The van der Waals surface area contributed by atoms with E-state index in [0.717, 1.165) is 19.4 Å². The number of hydrogen-bond donors (Lipinski definition) is 1. The molecule has 0 radical (unpaired) electrons. The largest absolute Gasteiger partial charge is 0.389 e. The molecule has 0 aliphatic heterocycles. The maximum Gasteiger partial charge on any atom is 0.389 e. The summed E-state index contributed by atoms with van der Waals surface area (Å²) in [5.41, 5.74) is 5.39. The molecule has 0 saturated heterocycles. The van der Waals surface area contributed by atoms with Crippen molar-refractivity contribution in [3.05, 3.63) is 0 Å². The van der Waals surface area contributed by atoms with Crippen molar-refractivity contribution in [3.8, 4) is 0 Å². The van der Waals surface area contributed by atoms with Gasteiger partial charge in [-0.3, -0.25) is 0 Å². The molecule has 0 rings (SSSR count). The van der Waals surface area contributed by atoms with E-state index >= 15 is 0 Å². The van der Waals surface area contributed by atoms with Crippen molar-refractivity contribution < 1.29 is 13.2 Å². The second-order valence-electron chi connectivity index (χ2n) is 3.70. The Balaban J connectivity index is 3.65. The highest BCUT2D eigenvalue weighted by molar-refractivity contribution is 4.60. The molecule has 2 N–H and O–H groups in total. The fourth-order valence-corrected chi connectivity index (χ4v) is 1.40. The molecule has 2 nitrogen and oxygen atoms in total. The van der Waals surface area contributed by atoms with Crippen LogP contribution in [-0.4, -0.2) is 37.3 Å². The second kappa shape index (κ2) is 7.93. The number of hydrogen-bond acceptors (Lipinski definition) is 2. The summed E-state index contributed by atoms with van der Waals surface area (Å²) in [5, 5.41) is 0. The monoisotopic (exact) mass is 226 g/mol. The lowest BCUT2D eigenvalue weighted by Crippen LogP contribution is -2.32. The van der Waals surface area contributed by atoms with Crippen molar-refractivity contribution in [2.24, 2.45) is 5.73 Å². The van der Waals surface area contributed by atoms with Crippen LogP contribution in [0, 0.1) is 0 Å². The first-order valence-corrected chi connectivity index (χ1v) is 5.48. The predicted octanol–water partition coefficient (Wildman–Crippen LogP) is 2.39. The molecular weight excluding hydrogens is 205 g/mol. The van der Waals surface area contributed by atoms with Gasteiger partial charge in [-0.25, -0.2) is 0 Å². The molecule has 15 heavy (non-hydrogen) atoms. The molecule has 0 amide bonds. The SMILES string of the molecule is CCCCN(CCN)CCCC(F)(F)F. The third-order valence-corrected chi connectivity index (χ3v) is 2.21. The van der Waals surface area contributed by atoms with Crippen LogP contribution in [-0.2, 0) is 0 Å². The first-order valence-electron chi connectivity index (χ1n) is 5.48. The van der Waals surface area contributed by atoms with Crippen LogP contribution in [0.3, 0.4) is 0 Å². The lowest BCUT2D eigenvalue weighted by atomic mass is 10.2. The molecule has 0 unspecified atom stereocenters. The number of halogens is 3. The molecule has 0 saturated carbocycles. The highest BCUT2D eigenvalue weighted by atomic mass is 19.4. The Morgan fingerprint density at radius 1 is 1.07 bits per heavy atom. The average Bonchev–Trinajstić information content (AvgIpc) is 2.12. The van der Waals surface area contributed by atoms with Crippen LogP contribution in [0.15, 0.2) is 0 Å². The Kier molecular flexibility index (Phi) is 7.78. The molecule has 92 valence electrons. The van der Waals surface area contributed by atoms with Gasteiger partial charge in [0.25, 0.3) is 0 Å². The summed E-state index contributed by atoms with van der Waals surface area (Å²) in [5.74, 6) is 0. The quantitative estimate of drug-likeness (QED) is 0.688. The zero-order valence-corrected chi connectivity index (χ0v) is 9.32. The average molecular weight is 226 g/mol. The van der Waals surface area contributed by atoms with Crippen LogP contribution in [0.25, 0.3) is 0 Å². The molecule has 0 aromatic rings. The summed E-state index contributed by atoms with van der Waals surface area (Å²) in [7, 11) is 0. The maximum absolute atomic E-state index is 11.9. The van der Waals surface area contributed by atoms with Gasteiger partial charge in [-0.15, -0.1) is 0 Å². The Labute approximate surface area is 89.6 Å². The van der Waals surface area contributed by atoms with Crippen molar-refractivity contribution in [3.63, 3.8) is 0 Å². The molecule has 5 heteroatoms. The van der Waals surface area contributed by atoms with E-state index in [1.807, 2.05) is 4.90 Å². The number of alkyl halides is 3. The Morgan fingerprint density at radius 3 is 2.13 bits per heavy atom. The van der Waals surface area contributed by atoms with Gasteiger partial charge >= 0.3 is 6.18 Å². The summed E-state index contributed by atoms with van der Waals surface area (Å²) in [6.07, 6.45) is -2.47. The van der Waals surface area contributed by atoms with E-state index in [1.54, 1.807) is 0 Å². The minimum Gasteiger partial charge on any atom is -0.329 e. The summed E-state index contributed by atoms with van der Waals surface area (Å²) in [6, 6.07) is 0. The van der Waals surface area contributed by atoms with E-state index in [4.69, 9.17) is 5.73 Å². The summed E-state index contributed by atoms with van der Waals surface area (Å²) in [4.78, 5) is 2.01. The number of rotatable bonds is 8. The number of unbranched alkanes of at least 4 members (excludes halogenated alkanes) is 1. The minimum absolute atomic E-state index is 0.174. The maximum atomic E-state index is 11.9. The van der Waals surface area contributed by atoms with Gasteiger partial charge in [-0.2, -0.15) is 13.2 Å². The van der Waals surface area contributed by atoms with E-state index in [2.05, 4.69) is 6.92 Å². The molecule has 0 aliphatic carbocycles. The van der Waals surface area contributed by atoms with Crippen molar-refractivity contribution in [2.45, 2.75) is 38.8 Å². The normalized spacial score (nSPS) is 12.4. The van der Waals surface area contributed by atoms with Gasteiger partial charge in [0.1, 0.15) is 0 Å². The van der Waals surface area contributed by atoms with Gasteiger partial charge < -0.3 is 10.6 Å². The first kappa shape index (κ1) is 14.7. The van der Waals surface area contributed by atoms with E-state index in [0.29, 0.717) is 19.6 Å². The van der Waals surface area contributed by atoms with Crippen molar-refractivity contribution in [2.75, 3.05) is 26.2 Å². The summed E-state index contributed by atoms with van der Waals surface area (Å²) in [6.45, 7) is 4.62. The third kappa shape index (κ3) is 10.0. The molecule has 0 heterocycles. The van der Waals surface area contributed by atoms with Crippen LogP contribution < -0.4 is 5.73 Å². The standard InChI is InChI=1S/C10H21F3N2/c1-2-3-7-15(9-6-14)8-4-5-10(11,12)13/h2-9,14H2,1H3. The molecule has 0 fully saturated rings. The predicted molar refractivity (Wildman–Crippen MR) is 55.7 cm³/mol. The lowest BCUT2D eigenvalue weighted by Gasteiger charge is -2.21. The van der Waals surface area contributed by atoms with Gasteiger partial charge in [0, 0.05) is 19.5 Å². The van der Waals surface area contributed by atoms with Gasteiger partial charge in [-0.05, 0) is 25.9 Å². The highest BCUT2D eigenvalue weighted by Gasteiger charge is 2.26. The van der Waals surface area contributed by atoms with E-state index in [-0.39, 0.29) is 6.42 Å². The van der Waals surface area contributed by atoms with E-state index in [9.17, 15) is 13.2 Å². The first-order chi connectivity index (χ1) is 6.99. The molecular formula is C10H21F3N2. The van der Waals surface area contributed by atoms with Crippen molar-refractivity contribution in [1.29, 1.82) is 0 Å². The van der Waals surface area contributed by atoms with Crippen LogP contribution >= 0.6 is 0 Å². The second-order valence-corrected chi connectivity index (χ2v) is 3.70. The number of nitrogens with zero attached hydrogens (tertiary/aromatic N) is 1. The van der Waals surface area contributed by atoms with Crippen LogP contribution in [0.2, 0.25) is 0 Å².